The van der Waals surface area contributed by atoms with Crippen LogP contribution in [-0.2, 0) is 0 Å². The number of aromatic nitrogens is 2. The summed E-state index contributed by atoms with van der Waals surface area (Å²) in [6.07, 6.45) is 3.96. The fraction of sp³-hybridized carbons (Fsp3) is 0.263. The number of rotatable bonds is 3. The van der Waals surface area contributed by atoms with E-state index in [0.717, 1.165) is 18.8 Å². The number of halogens is 1. The Morgan fingerprint density at radius 2 is 2.04 bits per heavy atom. The van der Waals surface area contributed by atoms with Gasteiger partial charge in [0.1, 0.15) is 11.3 Å². The van der Waals surface area contributed by atoms with Gasteiger partial charge in [0.15, 0.2) is 0 Å². The molecule has 0 unspecified atom stereocenters. The van der Waals surface area contributed by atoms with E-state index in [0.29, 0.717) is 5.92 Å². The molecule has 1 aromatic heterocycles. The van der Waals surface area contributed by atoms with Crippen molar-refractivity contribution in [2.24, 2.45) is 5.73 Å². The van der Waals surface area contributed by atoms with E-state index < -0.39 is 11.7 Å². The van der Waals surface area contributed by atoms with Crippen molar-refractivity contribution in [3.05, 3.63) is 59.5 Å². The Morgan fingerprint density at radius 1 is 1.24 bits per heavy atom. The Kier molecular flexibility index (Phi) is 3.97. The average molecular weight is 338 g/mol. The highest BCUT2D eigenvalue weighted by Crippen LogP contribution is 2.26. The molecule has 2 aromatic carbocycles. The summed E-state index contributed by atoms with van der Waals surface area (Å²) in [7, 11) is 0. The first-order chi connectivity index (χ1) is 12.1. The summed E-state index contributed by atoms with van der Waals surface area (Å²) in [6, 6.07) is 10.7. The summed E-state index contributed by atoms with van der Waals surface area (Å²) in [5, 5.41) is 8.08. The summed E-state index contributed by atoms with van der Waals surface area (Å²) >= 11 is 0. The smallest absolute Gasteiger partial charge is 0.250 e. The van der Waals surface area contributed by atoms with Gasteiger partial charge >= 0.3 is 0 Å². The van der Waals surface area contributed by atoms with Crippen molar-refractivity contribution in [2.75, 3.05) is 13.1 Å². The highest BCUT2D eigenvalue weighted by Gasteiger charge is 2.17. The first kappa shape index (κ1) is 15.8. The summed E-state index contributed by atoms with van der Waals surface area (Å²) in [4.78, 5) is 11.5. The maximum absolute atomic E-state index is 14.1. The third kappa shape index (κ3) is 2.89. The van der Waals surface area contributed by atoms with Gasteiger partial charge in [0.25, 0.3) is 5.91 Å². The lowest BCUT2D eigenvalue weighted by Crippen LogP contribution is -2.28. The number of primary amides is 1. The van der Waals surface area contributed by atoms with Crippen LogP contribution in [0.3, 0.4) is 0 Å². The number of nitrogens with two attached hydrogens (primary N) is 1. The number of carbonyl (C=O) groups excluding carboxylic acids is 1. The number of piperidine rings is 1. The standard InChI is InChI=1S/C19H19FN4O/c20-17-8-7-15(19(21)25)18-16(17)11-24(23-18)14-5-3-12(4-6-14)13-2-1-9-22-10-13/h3-8,11,13,22H,1-2,9-10H2,(H2,21,25)/t13-/m1/s1. The Labute approximate surface area is 144 Å². The largest absolute Gasteiger partial charge is 0.366 e. The molecule has 128 valence electrons. The fourth-order valence-electron chi connectivity index (χ4n) is 3.44. The number of amides is 1. The highest BCUT2D eigenvalue weighted by molar-refractivity contribution is 6.04. The Morgan fingerprint density at radius 3 is 2.72 bits per heavy atom. The van der Waals surface area contributed by atoms with Gasteiger partial charge in [-0.2, -0.15) is 5.10 Å². The molecule has 6 heteroatoms. The van der Waals surface area contributed by atoms with E-state index in [-0.39, 0.29) is 16.5 Å². The summed E-state index contributed by atoms with van der Waals surface area (Å²) < 4.78 is 15.6. The van der Waals surface area contributed by atoms with E-state index in [4.69, 9.17) is 5.73 Å². The topological polar surface area (TPSA) is 72.9 Å². The number of nitrogens with zero attached hydrogens (tertiary/aromatic N) is 2. The second kappa shape index (κ2) is 6.29. The molecule has 0 spiro atoms. The molecule has 3 aromatic rings. The van der Waals surface area contributed by atoms with Gasteiger partial charge in [-0.05, 0) is 55.1 Å². The zero-order chi connectivity index (χ0) is 17.4. The van der Waals surface area contributed by atoms with Crippen LogP contribution in [0.2, 0.25) is 0 Å². The van der Waals surface area contributed by atoms with Gasteiger partial charge in [0, 0.05) is 12.7 Å². The van der Waals surface area contributed by atoms with Gasteiger partial charge in [-0.1, -0.05) is 12.1 Å². The molecule has 1 saturated heterocycles. The average Bonchev–Trinajstić information content (AvgIpc) is 3.09. The molecule has 1 atom stereocenters. The molecule has 1 fully saturated rings. The number of hydrogen-bond acceptors (Lipinski definition) is 3. The quantitative estimate of drug-likeness (QED) is 0.771. The van der Waals surface area contributed by atoms with Gasteiger partial charge in [-0.15, -0.1) is 0 Å². The van der Waals surface area contributed by atoms with Gasteiger partial charge in [0.05, 0.1) is 16.6 Å². The van der Waals surface area contributed by atoms with Crippen molar-refractivity contribution in [2.45, 2.75) is 18.8 Å². The molecule has 3 N–H and O–H groups in total. The van der Waals surface area contributed by atoms with E-state index in [2.05, 4.69) is 22.5 Å². The molecule has 0 saturated carbocycles. The summed E-state index contributed by atoms with van der Waals surface area (Å²) in [5.41, 5.74) is 7.98. The molecule has 2 heterocycles. The van der Waals surface area contributed by atoms with Crippen LogP contribution in [0.4, 0.5) is 4.39 Å². The third-order valence-electron chi connectivity index (χ3n) is 4.81. The molecule has 4 rings (SSSR count). The minimum atomic E-state index is -0.615. The lowest BCUT2D eigenvalue weighted by Gasteiger charge is -2.23. The number of carbonyl (C=O) groups is 1. The van der Waals surface area contributed by atoms with Crippen LogP contribution in [0.15, 0.2) is 42.6 Å². The zero-order valence-electron chi connectivity index (χ0n) is 13.7. The van der Waals surface area contributed by atoms with Gasteiger partial charge in [-0.3, -0.25) is 4.79 Å². The van der Waals surface area contributed by atoms with E-state index in [9.17, 15) is 9.18 Å². The van der Waals surface area contributed by atoms with Crippen molar-refractivity contribution in [3.8, 4) is 5.69 Å². The first-order valence-electron chi connectivity index (χ1n) is 8.42. The SMILES string of the molecule is NC(=O)c1ccc(F)c2cn(-c3ccc([C@@H]4CCCNC4)cc3)nc12. The zero-order valence-corrected chi connectivity index (χ0v) is 13.7. The van der Waals surface area contributed by atoms with Gasteiger partial charge < -0.3 is 11.1 Å². The Bertz CT molecular complexity index is 926. The molecule has 0 radical (unpaired) electrons. The van der Waals surface area contributed by atoms with Crippen LogP contribution >= 0.6 is 0 Å². The maximum Gasteiger partial charge on any atom is 0.250 e. The van der Waals surface area contributed by atoms with Crippen molar-refractivity contribution >= 4 is 16.8 Å². The van der Waals surface area contributed by atoms with Crippen molar-refractivity contribution < 1.29 is 9.18 Å². The van der Waals surface area contributed by atoms with E-state index in [1.165, 1.54) is 30.5 Å². The van der Waals surface area contributed by atoms with Crippen molar-refractivity contribution in [3.63, 3.8) is 0 Å². The second-order valence-corrected chi connectivity index (χ2v) is 6.43. The lowest BCUT2D eigenvalue weighted by atomic mass is 9.92. The number of nitrogens with one attached hydrogen (secondary N) is 1. The molecule has 5 nitrogen and oxygen atoms in total. The first-order valence-corrected chi connectivity index (χ1v) is 8.42. The molecular weight excluding hydrogens is 319 g/mol. The minimum Gasteiger partial charge on any atom is -0.366 e. The van der Waals surface area contributed by atoms with Gasteiger partial charge in [-0.25, -0.2) is 9.07 Å². The van der Waals surface area contributed by atoms with E-state index in [1.54, 1.807) is 10.9 Å². The van der Waals surface area contributed by atoms with Crippen LogP contribution in [-0.4, -0.2) is 28.8 Å². The molecule has 25 heavy (non-hydrogen) atoms. The van der Waals surface area contributed by atoms with Crippen LogP contribution in [0.25, 0.3) is 16.6 Å². The van der Waals surface area contributed by atoms with Crippen LogP contribution in [0.5, 0.6) is 0 Å². The molecule has 1 amide bonds. The number of benzene rings is 2. The monoisotopic (exact) mass is 338 g/mol. The number of hydrogen-bond donors (Lipinski definition) is 2. The predicted octanol–water partition coefficient (Wildman–Crippen LogP) is 2.73. The highest BCUT2D eigenvalue weighted by atomic mass is 19.1. The van der Waals surface area contributed by atoms with Crippen LogP contribution in [0.1, 0.15) is 34.7 Å². The minimum absolute atomic E-state index is 0.222. The predicted molar refractivity (Wildman–Crippen MR) is 94.4 cm³/mol. The summed E-state index contributed by atoms with van der Waals surface area (Å²) in [6.45, 7) is 2.08. The number of fused-ring (bicyclic) bond motifs is 1. The third-order valence-corrected chi connectivity index (χ3v) is 4.81. The Balaban J connectivity index is 1.71. The lowest BCUT2D eigenvalue weighted by molar-refractivity contribution is 0.100. The fourth-order valence-corrected chi connectivity index (χ4v) is 3.44. The Hall–Kier alpha value is -2.73. The van der Waals surface area contributed by atoms with E-state index in [1.807, 2.05) is 12.1 Å². The van der Waals surface area contributed by atoms with E-state index >= 15 is 0 Å². The van der Waals surface area contributed by atoms with Crippen LogP contribution < -0.4 is 11.1 Å². The molecule has 1 aliphatic heterocycles. The normalized spacial score (nSPS) is 17.7. The second-order valence-electron chi connectivity index (χ2n) is 6.43. The van der Waals surface area contributed by atoms with Crippen molar-refractivity contribution in [1.29, 1.82) is 0 Å². The maximum atomic E-state index is 14.1. The van der Waals surface area contributed by atoms with Crippen molar-refractivity contribution in [1.82, 2.24) is 15.1 Å². The molecule has 0 aliphatic carbocycles. The van der Waals surface area contributed by atoms with Crippen LogP contribution in [0, 0.1) is 5.82 Å². The molecule has 0 bridgehead atoms. The van der Waals surface area contributed by atoms with Gasteiger partial charge in [0.2, 0.25) is 0 Å². The summed E-state index contributed by atoms with van der Waals surface area (Å²) in [5.74, 6) is -0.509. The molecular formula is C19H19FN4O. The molecule has 1 aliphatic rings.